The Labute approximate surface area is 153 Å². The maximum absolute atomic E-state index is 12.6. The van der Waals surface area contributed by atoms with Gasteiger partial charge in [-0.25, -0.2) is 0 Å². The van der Waals surface area contributed by atoms with Crippen molar-refractivity contribution in [2.75, 3.05) is 0 Å². The van der Waals surface area contributed by atoms with Crippen molar-refractivity contribution >= 4 is 23.6 Å². The molecule has 0 aliphatic carbocycles. The van der Waals surface area contributed by atoms with Gasteiger partial charge in [-0.05, 0) is 44.9 Å². The molecule has 0 aliphatic heterocycles. The first kappa shape index (κ1) is 19.2. The monoisotopic (exact) mass is 360 g/mol. The third kappa shape index (κ3) is 4.92. The van der Waals surface area contributed by atoms with Crippen LogP contribution in [0.15, 0.2) is 35.5 Å². The second-order valence-corrected chi connectivity index (χ2v) is 7.05. The first-order chi connectivity index (χ1) is 11.8. The van der Waals surface area contributed by atoms with Gasteiger partial charge in [-0.2, -0.15) is 5.10 Å². The molecule has 134 valence electrons. The van der Waals surface area contributed by atoms with E-state index < -0.39 is 0 Å². The van der Waals surface area contributed by atoms with Crippen LogP contribution in [0.5, 0.6) is 0 Å². The highest BCUT2D eigenvalue weighted by molar-refractivity contribution is 6.31. The molecule has 5 nitrogen and oxygen atoms in total. The average Bonchev–Trinajstić information content (AvgIpc) is 2.78. The molecule has 0 atom stereocenters. The predicted octanol–water partition coefficient (Wildman–Crippen LogP) is 3.97. The SMILES string of the molecule is Cc1nn(CC(C)C)c(Cl)c1/C=C/C(=O)n1ccccc1=NC(C)C. The van der Waals surface area contributed by atoms with Crippen LogP contribution < -0.4 is 5.49 Å². The van der Waals surface area contributed by atoms with Gasteiger partial charge in [0.15, 0.2) is 0 Å². The van der Waals surface area contributed by atoms with Gasteiger partial charge in [0, 0.05) is 30.4 Å². The van der Waals surface area contributed by atoms with Crippen molar-refractivity contribution in [3.63, 3.8) is 0 Å². The van der Waals surface area contributed by atoms with Crippen LogP contribution >= 0.6 is 11.6 Å². The van der Waals surface area contributed by atoms with E-state index in [2.05, 4.69) is 23.9 Å². The van der Waals surface area contributed by atoms with Crippen molar-refractivity contribution in [2.45, 2.75) is 47.2 Å². The number of aryl methyl sites for hydroxylation is 1. The molecule has 2 aromatic heterocycles. The molecule has 0 radical (unpaired) electrons. The highest BCUT2D eigenvalue weighted by Crippen LogP contribution is 2.22. The molecule has 0 aliphatic rings. The Morgan fingerprint density at radius 3 is 2.68 bits per heavy atom. The summed E-state index contributed by atoms with van der Waals surface area (Å²) in [6.45, 7) is 10.8. The number of pyridine rings is 1. The van der Waals surface area contributed by atoms with Crippen LogP contribution in [0.25, 0.3) is 6.08 Å². The fourth-order valence-electron chi connectivity index (χ4n) is 2.45. The number of hydrogen-bond acceptors (Lipinski definition) is 3. The minimum absolute atomic E-state index is 0.108. The Balaban J connectivity index is 2.32. The van der Waals surface area contributed by atoms with Crippen molar-refractivity contribution in [3.8, 4) is 0 Å². The van der Waals surface area contributed by atoms with Gasteiger partial charge >= 0.3 is 0 Å². The van der Waals surface area contributed by atoms with Crippen molar-refractivity contribution in [1.82, 2.24) is 14.3 Å². The number of aromatic nitrogens is 3. The molecule has 2 heterocycles. The molecule has 6 heteroatoms. The molecular formula is C19H25ClN4O. The van der Waals surface area contributed by atoms with Crippen LogP contribution in [-0.4, -0.2) is 26.3 Å². The minimum Gasteiger partial charge on any atom is -0.269 e. The van der Waals surface area contributed by atoms with Gasteiger partial charge < -0.3 is 0 Å². The molecule has 0 unspecified atom stereocenters. The Hall–Kier alpha value is -2.14. The lowest BCUT2D eigenvalue weighted by atomic mass is 10.2. The molecule has 2 aromatic rings. The summed E-state index contributed by atoms with van der Waals surface area (Å²) in [6.07, 6.45) is 4.95. The highest BCUT2D eigenvalue weighted by Gasteiger charge is 2.12. The number of halogens is 1. The largest absolute Gasteiger partial charge is 0.269 e. The number of hydrogen-bond donors (Lipinski definition) is 0. The van der Waals surface area contributed by atoms with E-state index in [4.69, 9.17) is 11.6 Å². The molecule has 0 amide bonds. The van der Waals surface area contributed by atoms with Crippen molar-refractivity contribution < 1.29 is 4.79 Å². The van der Waals surface area contributed by atoms with E-state index in [1.165, 1.54) is 10.6 Å². The molecule has 0 aromatic carbocycles. The fraction of sp³-hybridized carbons (Fsp3) is 0.421. The lowest BCUT2D eigenvalue weighted by Crippen LogP contribution is -2.26. The van der Waals surface area contributed by atoms with Gasteiger partial charge in [0.25, 0.3) is 5.91 Å². The normalized spacial score (nSPS) is 12.7. The minimum atomic E-state index is -0.174. The first-order valence-corrected chi connectivity index (χ1v) is 8.84. The van der Waals surface area contributed by atoms with Crippen LogP contribution in [0, 0.1) is 12.8 Å². The van der Waals surface area contributed by atoms with E-state index in [1.807, 2.05) is 39.0 Å². The lowest BCUT2D eigenvalue weighted by Gasteiger charge is -2.05. The maximum atomic E-state index is 12.6. The Bertz CT molecular complexity index is 843. The number of carbonyl (C=O) groups excluding carboxylic acids is 1. The zero-order valence-corrected chi connectivity index (χ0v) is 16.2. The molecular weight excluding hydrogens is 336 g/mol. The molecule has 2 rings (SSSR count). The molecule has 0 fully saturated rings. The second kappa shape index (κ2) is 8.30. The molecule has 0 saturated carbocycles. The van der Waals surface area contributed by atoms with Gasteiger partial charge in [0.1, 0.15) is 10.6 Å². The molecule has 0 N–H and O–H groups in total. The van der Waals surface area contributed by atoms with Gasteiger partial charge in [0.2, 0.25) is 0 Å². The smallest absolute Gasteiger partial charge is 0.256 e. The summed E-state index contributed by atoms with van der Waals surface area (Å²) in [6, 6.07) is 5.61. The van der Waals surface area contributed by atoms with Crippen molar-refractivity contribution in [3.05, 3.63) is 52.4 Å². The summed E-state index contributed by atoms with van der Waals surface area (Å²) in [4.78, 5) is 17.0. The number of carbonyl (C=O) groups is 1. The Morgan fingerprint density at radius 1 is 1.32 bits per heavy atom. The quantitative estimate of drug-likeness (QED) is 0.757. The van der Waals surface area contributed by atoms with Crippen LogP contribution in [0.4, 0.5) is 0 Å². The molecule has 0 saturated heterocycles. The summed E-state index contributed by atoms with van der Waals surface area (Å²) >= 11 is 6.42. The molecule has 25 heavy (non-hydrogen) atoms. The summed E-state index contributed by atoms with van der Waals surface area (Å²) in [5.74, 6) is 0.266. The zero-order valence-electron chi connectivity index (χ0n) is 15.4. The third-order valence-corrected chi connectivity index (χ3v) is 3.91. The second-order valence-electron chi connectivity index (χ2n) is 6.69. The van der Waals surface area contributed by atoms with Gasteiger partial charge in [-0.15, -0.1) is 0 Å². The summed E-state index contributed by atoms with van der Waals surface area (Å²) in [5.41, 5.74) is 2.21. The molecule has 0 bridgehead atoms. The van der Waals surface area contributed by atoms with Crippen molar-refractivity contribution in [2.24, 2.45) is 10.9 Å². The Kier molecular flexibility index (Phi) is 6.37. The predicted molar refractivity (Wildman–Crippen MR) is 102 cm³/mol. The standard InChI is InChI=1S/C19H25ClN4O/c1-13(2)12-24-19(20)16(15(5)22-24)9-10-18(25)23-11-7-6-8-17(23)21-14(3)4/h6-11,13-14H,12H2,1-5H3/b10-9+,21-17?. The van der Waals surface area contributed by atoms with Crippen LogP contribution in [0.2, 0.25) is 5.15 Å². The van der Waals surface area contributed by atoms with Gasteiger partial charge in [-0.3, -0.25) is 19.0 Å². The number of nitrogens with zero attached hydrogens (tertiary/aromatic N) is 4. The summed E-state index contributed by atoms with van der Waals surface area (Å²) < 4.78 is 3.30. The van der Waals surface area contributed by atoms with E-state index in [1.54, 1.807) is 17.0 Å². The van der Waals surface area contributed by atoms with Gasteiger partial charge in [0.05, 0.1) is 5.69 Å². The van der Waals surface area contributed by atoms with E-state index in [0.29, 0.717) is 16.6 Å². The fourth-order valence-corrected chi connectivity index (χ4v) is 2.76. The average molecular weight is 361 g/mol. The van der Waals surface area contributed by atoms with Crippen LogP contribution in [-0.2, 0) is 6.54 Å². The zero-order chi connectivity index (χ0) is 18.6. The van der Waals surface area contributed by atoms with Crippen molar-refractivity contribution in [1.29, 1.82) is 0 Å². The van der Waals surface area contributed by atoms with E-state index >= 15 is 0 Å². The van der Waals surface area contributed by atoms with Crippen LogP contribution in [0.3, 0.4) is 0 Å². The Morgan fingerprint density at radius 2 is 2.04 bits per heavy atom. The number of rotatable bonds is 5. The van der Waals surface area contributed by atoms with E-state index in [9.17, 15) is 4.79 Å². The van der Waals surface area contributed by atoms with E-state index in [0.717, 1.165) is 17.8 Å². The summed E-state index contributed by atoms with van der Waals surface area (Å²) in [5, 5.41) is 5.01. The summed E-state index contributed by atoms with van der Waals surface area (Å²) in [7, 11) is 0. The third-order valence-electron chi connectivity index (χ3n) is 3.51. The highest BCUT2D eigenvalue weighted by atomic mass is 35.5. The number of allylic oxidation sites excluding steroid dienone is 1. The lowest BCUT2D eigenvalue weighted by molar-refractivity contribution is 0.0964. The maximum Gasteiger partial charge on any atom is 0.256 e. The van der Waals surface area contributed by atoms with E-state index in [-0.39, 0.29) is 11.9 Å². The van der Waals surface area contributed by atoms with Gasteiger partial charge in [-0.1, -0.05) is 31.5 Å². The molecule has 0 spiro atoms. The topological polar surface area (TPSA) is 52.2 Å². The first-order valence-electron chi connectivity index (χ1n) is 8.46. The van der Waals surface area contributed by atoms with Crippen LogP contribution in [0.1, 0.15) is 43.7 Å².